The van der Waals surface area contributed by atoms with Crippen LogP contribution in [0.25, 0.3) is 0 Å². The van der Waals surface area contributed by atoms with Crippen LogP contribution in [-0.4, -0.2) is 25.9 Å². The maximum Gasteiger partial charge on any atom is 0.270 e. The summed E-state index contributed by atoms with van der Waals surface area (Å²) in [6, 6.07) is 2.59. The van der Waals surface area contributed by atoms with Crippen molar-refractivity contribution in [1.29, 1.82) is 0 Å². The second-order valence-corrected chi connectivity index (χ2v) is 6.49. The largest absolute Gasteiger partial charge is 0.467 e. The quantitative estimate of drug-likeness (QED) is 0.613. The highest BCUT2D eigenvalue weighted by Crippen LogP contribution is 2.33. The third kappa shape index (κ3) is 3.02. The molecule has 1 aromatic rings. The van der Waals surface area contributed by atoms with Crippen molar-refractivity contribution in [1.82, 2.24) is 0 Å². The van der Waals surface area contributed by atoms with E-state index in [0.29, 0.717) is 16.9 Å². The Morgan fingerprint density at radius 3 is 2.79 bits per heavy atom. The average Bonchev–Trinajstić information content (AvgIpc) is 2.38. The molecule has 7 nitrogen and oxygen atoms in total. The molecule has 0 unspecified atom stereocenters. The summed E-state index contributed by atoms with van der Waals surface area (Å²) in [5, 5.41) is 10.8. The highest BCUT2D eigenvalue weighted by molar-refractivity contribution is 7.90. The molecule has 0 radical (unpaired) electrons. The van der Waals surface area contributed by atoms with Crippen LogP contribution >= 0.6 is 0 Å². The standard InChI is InChI=1S/C11H13NO6S/c1-2-19(15,16)6-9-4-10(12(13)14)3-8-5-17-7-18-11(8)9/h3-4H,2,5-7H2,1H3. The zero-order valence-corrected chi connectivity index (χ0v) is 11.1. The van der Waals surface area contributed by atoms with E-state index in [1.54, 1.807) is 0 Å². The number of nitrogens with zero attached hydrogens (tertiary/aromatic N) is 1. The van der Waals surface area contributed by atoms with Gasteiger partial charge in [0.15, 0.2) is 16.6 Å². The molecule has 0 N–H and O–H groups in total. The molecule has 1 aliphatic rings. The normalized spacial score (nSPS) is 14.6. The van der Waals surface area contributed by atoms with Gasteiger partial charge in [0.2, 0.25) is 0 Å². The summed E-state index contributed by atoms with van der Waals surface area (Å²) in [6.07, 6.45) is 0. The molecule has 1 aliphatic heterocycles. The monoisotopic (exact) mass is 287 g/mol. The molecule has 1 aromatic carbocycles. The average molecular weight is 287 g/mol. The summed E-state index contributed by atoms with van der Waals surface area (Å²) in [5.41, 5.74) is 0.658. The van der Waals surface area contributed by atoms with Gasteiger partial charge >= 0.3 is 0 Å². The summed E-state index contributed by atoms with van der Waals surface area (Å²) in [6.45, 7) is 1.73. The molecule has 0 aliphatic carbocycles. The highest BCUT2D eigenvalue weighted by atomic mass is 32.2. The van der Waals surface area contributed by atoms with Gasteiger partial charge in [0.05, 0.1) is 17.3 Å². The Bertz CT molecular complexity index is 610. The molecule has 19 heavy (non-hydrogen) atoms. The summed E-state index contributed by atoms with van der Waals surface area (Å²) in [7, 11) is -3.29. The summed E-state index contributed by atoms with van der Waals surface area (Å²) in [5.74, 6) is 0.0861. The van der Waals surface area contributed by atoms with Gasteiger partial charge in [0, 0.05) is 29.0 Å². The molecule has 0 bridgehead atoms. The van der Waals surface area contributed by atoms with Gasteiger partial charge in [-0.05, 0) is 0 Å². The lowest BCUT2D eigenvalue weighted by Crippen LogP contribution is -2.16. The molecule has 0 amide bonds. The first-order chi connectivity index (χ1) is 8.93. The zero-order valence-electron chi connectivity index (χ0n) is 10.3. The van der Waals surface area contributed by atoms with Gasteiger partial charge in [-0.25, -0.2) is 8.42 Å². The van der Waals surface area contributed by atoms with Gasteiger partial charge in [0.25, 0.3) is 5.69 Å². The Morgan fingerprint density at radius 1 is 1.42 bits per heavy atom. The Hall–Kier alpha value is -1.67. The summed E-state index contributed by atoms with van der Waals surface area (Å²) in [4.78, 5) is 10.3. The van der Waals surface area contributed by atoms with Crippen LogP contribution in [0.5, 0.6) is 5.75 Å². The molecule has 2 rings (SSSR count). The van der Waals surface area contributed by atoms with Crippen molar-refractivity contribution in [2.45, 2.75) is 19.3 Å². The van der Waals surface area contributed by atoms with Crippen LogP contribution in [0.3, 0.4) is 0 Å². The zero-order chi connectivity index (χ0) is 14.0. The number of benzene rings is 1. The fourth-order valence-corrected chi connectivity index (χ4v) is 2.72. The molecule has 1 heterocycles. The first kappa shape index (κ1) is 13.8. The SMILES string of the molecule is CCS(=O)(=O)Cc1cc([N+](=O)[O-])cc2c1OCOC2. The second kappa shape index (κ2) is 5.14. The Balaban J connectivity index is 2.51. The van der Waals surface area contributed by atoms with E-state index in [1.807, 2.05) is 0 Å². The van der Waals surface area contributed by atoms with Crippen LogP contribution < -0.4 is 4.74 Å². The lowest BCUT2D eigenvalue weighted by molar-refractivity contribution is -0.385. The van der Waals surface area contributed by atoms with E-state index >= 15 is 0 Å². The minimum Gasteiger partial charge on any atom is -0.467 e. The van der Waals surface area contributed by atoms with Crippen molar-refractivity contribution >= 4 is 15.5 Å². The predicted molar refractivity (Wildman–Crippen MR) is 66.5 cm³/mol. The van der Waals surface area contributed by atoms with Crippen LogP contribution in [0.1, 0.15) is 18.1 Å². The minimum atomic E-state index is -3.29. The van der Waals surface area contributed by atoms with E-state index in [1.165, 1.54) is 19.1 Å². The van der Waals surface area contributed by atoms with E-state index in [9.17, 15) is 18.5 Å². The lowest BCUT2D eigenvalue weighted by atomic mass is 10.1. The van der Waals surface area contributed by atoms with Crippen molar-refractivity contribution in [2.75, 3.05) is 12.5 Å². The van der Waals surface area contributed by atoms with Crippen molar-refractivity contribution in [2.24, 2.45) is 0 Å². The van der Waals surface area contributed by atoms with Crippen molar-refractivity contribution in [3.63, 3.8) is 0 Å². The number of non-ortho nitro benzene ring substituents is 1. The molecular formula is C11H13NO6S. The van der Waals surface area contributed by atoms with Crippen molar-refractivity contribution in [3.05, 3.63) is 33.4 Å². The van der Waals surface area contributed by atoms with E-state index < -0.39 is 14.8 Å². The number of nitro benzene ring substituents is 1. The van der Waals surface area contributed by atoms with E-state index in [-0.39, 0.29) is 30.6 Å². The summed E-state index contributed by atoms with van der Waals surface area (Å²) >= 11 is 0. The number of hydrogen-bond donors (Lipinski definition) is 0. The van der Waals surface area contributed by atoms with Gasteiger partial charge in [-0.2, -0.15) is 0 Å². The van der Waals surface area contributed by atoms with Gasteiger partial charge in [-0.15, -0.1) is 0 Å². The Labute approximate surface area is 110 Å². The molecule has 104 valence electrons. The molecular weight excluding hydrogens is 274 g/mol. The van der Waals surface area contributed by atoms with E-state index in [0.717, 1.165) is 0 Å². The van der Waals surface area contributed by atoms with Crippen LogP contribution in [0, 0.1) is 10.1 Å². The fraction of sp³-hybridized carbons (Fsp3) is 0.455. The third-order valence-electron chi connectivity index (χ3n) is 2.80. The number of rotatable bonds is 4. The number of ether oxygens (including phenoxy) is 2. The number of hydrogen-bond acceptors (Lipinski definition) is 6. The number of nitro groups is 1. The topological polar surface area (TPSA) is 95.7 Å². The maximum atomic E-state index is 11.7. The maximum absolute atomic E-state index is 11.7. The van der Waals surface area contributed by atoms with Crippen molar-refractivity contribution in [3.8, 4) is 5.75 Å². The van der Waals surface area contributed by atoms with Crippen LogP contribution in [0.15, 0.2) is 12.1 Å². The molecule has 0 saturated heterocycles. The number of fused-ring (bicyclic) bond motifs is 1. The number of sulfone groups is 1. The first-order valence-electron chi connectivity index (χ1n) is 5.64. The van der Waals surface area contributed by atoms with Crippen LogP contribution in [0.4, 0.5) is 5.69 Å². The molecule has 8 heteroatoms. The van der Waals surface area contributed by atoms with Crippen LogP contribution in [0.2, 0.25) is 0 Å². The second-order valence-electron chi connectivity index (χ2n) is 4.14. The van der Waals surface area contributed by atoms with E-state index in [4.69, 9.17) is 9.47 Å². The Kier molecular flexibility index (Phi) is 3.72. The lowest BCUT2D eigenvalue weighted by Gasteiger charge is -2.20. The molecule has 0 aromatic heterocycles. The van der Waals surface area contributed by atoms with Crippen molar-refractivity contribution < 1.29 is 22.8 Å². The van der Waals surface area contributed by atoms with Gasteiger partial charge in [0.1, 0.15) is 5.75 Å². The van der Waals surface area contributed by atoms with Gasteiger partial charge < -0.3 is 9.47 Å². The fourth-order valence-electron chi connectivity index (χ4n) is 1.83. The molecule has 0 atom stereocenters. The van der Waals surface area contributed by atoms with Crippen LogP contribution in [-0.2, 0) is 26.9 Å². The third-order valence-corrected chi connectivity index (χ3v) is 4.43. The smallest absolute Gasteiger partial charge is 0.270 e. The van der Waals surface area contributed by atoms with Gasteiger partial charge in [-0.1, -0.05) is 6.92 Å². The Morgan fingerprint density at radius 2 is 2.16 bits per heavy atom. The summed E-state index contributed by atoms with van der Waals surface area (Å²) < 4.78 is 33.7. The predicted octanol–water partition coefficient (Wildman–Crippen LogP) is 1.40. The minimum absolute atomic E-state index is 0.0178. The highest BCUT2D eigenvalue weighted by Gasteiger charge is 2.23. The van der Waals surface area contributed by atoms with Gasteiger partial charge in [-0.3, -0.25) is 10.1 Å². The molecule has 0 saturated carbocycles. The molecule has 0 spiro atoms. The molecule has 0 fully saturated rings. The van der Waals surface area contributed by atoms with E-state index in [2.05, 4.69) is 0 Å². The first-order valence-corrected chi connectivity index (χ1v) is 7.46.